The van der Waals surface area contributed by atoms with Gasteiger partial charge in [-0.05, 0) is 115 Å². The van der Waals surface area contributed by atoms with Crippen LogP contribution in [0.3, 0.4) is 0 Å². The summed E-state index contributed by atoms with van der Waals surface area (Å²) in [5.74, 6) is 2.36. The zero-order valence-corrected chi connectivity index (χ0v) is 45.1. The summed E-state index contributed by atoms with van der Waals surface area (Å²) in [7, 11) is 0. The minimum absolute atomic E-state index is 0.0624. The van der Waals surface area contributed by atoms with Crippen molar-refractivity contribution in [3.05, 3.63) is 234 Å². The second kappa shape index (κ2) is 18.2. The number of ether oxygens (including phenoxy) is 1. The molecule has 10 rings (SSSR count). The SMILES string of the molecule is CC(C)(C)c1cc(-c2ccccc2)cc(-[n+]2[c-]n(-c3cc(Oc4cc(C(C)(C)c5ccccc5)c5c6ccccc6n(-c6cc(C(C)(C)C)ccn6)c5c4)cc(C(C)(C)c4ccccc4)c3)cc2C(C)(C)C)c1. The van der Waals surface area contributed by atoms with E-state index in [0.717, 1.165) is 51.0 Å². The molecular weight excluding hydrogens is 889 g/mol. The van der Waals surface area contributed by atoms with Gasteiger partial charge in [0.2, 0.25) is 0 Å². The van der Waals surface area contributed by atoms with Crippen molar-refractivity contribution in [2.75, 3.05) is 0 Å². The molecule has 3 heterocycles. The Bertz CT molecular complexity index is 3630. The fourth-order valence-corrected chi connectivity index (χ4v) is 10.4. The monoisotopic (exact) mass is 959 g/mol. The Kier molecular flexibility index (Phi) is 12.2. The smallest absolute Gasteiger partial charge is 0.269 e. The molecular formula is C68H70N4O. The molecule has 73 heavy (non-hydrogen) atoms. The van der Waals surface area contributed by atoms with Gasteiger partial charge in [-0.1, -0.05) is 205 Å². The number of fused-ring (bicyclic) bond motifs is 3. The summed E-state index contributed by atoms with van der Waals surface area (Å²) in [4.78, 5) is 5.07. The van der Waals surface area contributed by atoms with Crippen LogP contribution in [-0.4, -0.2) is 14.1 Å². The first-order valence-corrected chi connectivity index (χ1v) is 25.9. The predicted octanol–water partition coefficient (Wildman–Crippen LogP) is 17.0. The second-order valence-electron chi connectivity index (χ2n) is 24.1. The van der Waals surface area contributed by atoms with Crippen LogP contribution in [-0.2, 0) is 27.1 Å². The third kappa shape index (κ3) is 9.43. The van der Waals surface area contributed by atoms with Crippen LogP contribution in [0, 0.1) is 6.33 Å². The number of hydrogen-bond donors (Lipinski definition) is 0. The number of imidazole rings is 1. The van der Waals surface area contributed by atoms with Gasteiger partial charge in [-0.15, -0.1) is 0 Å². The Hall–Kier alpha value is -7.50. The third-order valence-corrected chi connectivity index (χ3v) is 15.0. The summed E-state index contributed by atoms with van der Waals surface area (Å²) < 4.78 is 14.2. The maximum absolute atomic E-state index is 7.40. The molecule has 0 fully saturated rings. The van der Waals surface area contributed by atoms with Crippen LogP contribution >= 0.6 is 0 Å². The van der Waals surface area contributed by atoms with Gasteiger partial charge in [-0.2, -0.15) is 0 Å². The molecule has 0 N–H and O–H groups in total. The maximum Gasteiger partial charge on any atom is 0.269 e. The summed E-state index contributed by atoms with van der Waals surface area (Å²) in [6.07, 6.45) is 8.09. The normalized spacial score (nSPS) is 12.7. The van der Waals surface area contributed by atoms with E-state index in [-0.39, 0.29) is 21.7 Å². The second-order valence-corrected chi connectivity index (χ2v) is 24.1. The van der Waals surface area contributed by atoms with Gasteiger partial charge < -0.3 is 4.74 Å². The molecule has 0 aliphatic heterocycles. The first-order valence-electron chi connectivity index (χ1n) is 25.9. The number of rotatable bonds is 10. The lowest BCUT2D eigenvalue weighted by Crippen LogP contribution is -2.39. The highest BCUT2D eigenvalue weighted by molar-refractivity contribution is 6.11. The van der Waals surface area contributed by atoms with Crippen molar-refractivity contribution < 1.29 is 9.30 Å². The Morgan fingerprint density at radius 1 is 0.466 bits per heavy atom. The summed E-state index contributed by atoms with van der Waals surface area (Å²) >= 11 is 0. The quantitative estimate of drug-likeness (QED) is 0.101. The van der Waals surface area contributed by atoms with Crippen LogP contribution in [0.2, 0.25) is 0 Å². The molecule has 0 bridgehead atoms. The lowest BCUT2D eigenvalue weighted by molar-refractivity contribution is -0.611. The molecule has 10 aromatic rings. The molecule has 5 heteroatoms. The summed E-state index contributed by atoms with van der Waals surface area (Å²) in [5.41, 5.74) is 13.8. The average molecular weight is 959 g/mol. The zero-order valence-electron chi connectivity index (χ0n) is 45.1. The maximum atomic E-state index is 7.40. The Morgan fingerprint density at radius 3 is 1.71 bits per heavy atom. The van der Waals surface area contributed by atoms with Gasteiger partial charge in [0.15, 0.2) is 0 Å². The van der Waals surface area contributed by atoms with E-state index < -0.39 is 5.41 Å². The number of aromatic nitrogens is 4. The molecule has 0 spiro atoms. The molecule has 0 unspecified atom stereocenters. The van der Waals surface area contributed by atoms with E-state index in [1.165, 1.54) is 49.7 Å². The Labute approximate surface area is 433 Å². The van der Waals surface area contributed by atoms with Gasteiger partial charge in [0, 0.05) is 40.1 Å². The molecule has 0 amide bonds. The van der Waals surface area contributed by atoms with E-state index in [1.54, 1.807) is 0 Å². The van der Waals surface area contributed by atoms with Gasteiger partial charge in [-0.3, -0.25) is 13.7 Å². The van der Waals surface area contributed by atoms with Crippen LogP contribution in [0.25, 0.3) is 50.1 Å². The van der Waals surface area contributed by atoms with Gasteiger partial charge >= 0.3 is 0 Å². The molecule has 7 aromatic carbocycles. The highest BCUT2D eigenvalue weighted by Gasteiger charge is 2.31. The van der Waals surface area contributed by atoms with E-state index in [9.17, 15) is 0 Å². The molecule has 0 saturated heterocycles. The predicted molar refractivity (Wildman–Crippen MR) is 303 cm³/mol. The van der Waals surface area contributed by atoms with Crippen molar-refractivity contribution in [2.45, 2.75) is 117 Å². The Morgan fingerprint density at radius 2 is 1.07 bits per heavy atom. The number of para-hydroxylation sites is 1. The number of benzene rings is 7. The molecule has 0 radical (unpaired) electrons. The van der Waals surface area contributed by atoms with Gasteiger partial charge in [0.1, 0.15) is 17.3 Å². The van der Waals surface area contributed by atoms with E-state index in [1.807, 2.05) is 6.20 Å². The standard InChI is InChI=1S/C68H70N4O/c1-64(2,3)50-33-34-69-62(40-50)72-59-32-24-23-31-57(59)63-58(68(12,13)49-29-21-16-22-30-49)42-56(43-60(63)72)73-55-39-52(67(10,11)48-27-19-15-20-28-48)38-53(41-55)70-44-61(66(7,8)9)71(45-70)54-36-47(46-25-17-14-18-26-46)35-51(37-54)65(4,5)6/h14-44H,1-13H3. The van der Waals surface area contributed by atoms with Crippen LogP contribution in [0.4, 0.5) is 0 Å². The summed E-state index contributed by atoms with van der Waals surface area (Å²) in [5, 5.41) is 2.36. The van der Waals surface area contributed by atoms with Crippen molar-refractivity contribution >= 4 is 21.8 Å². The summed E-state index contributed by atoms with van der Waals surface area (Å²) in [6, 6.07) is 63.7. The van der Waals surface area contributed by atoms with E-state index in [2.05, 4.69) is 292 Å². The van der Waals surface area contributed by atoms with E-state index in [4.69, 9.17) is 9.72 Å². The van der Waals surface area contributed by atoms with E-state index in [0.29, 0.717) is 0 Å². The van der Waals surface area contributed by atoms with Crippen LogP contribution < -0.4 is 9.30 Å². The minimum atomic E-state index is -0.404. The molecule has 0 aliphatic rings. The van der Waals surface area contributed by atoms with Crippen molar-refractivity contribution in [1.82, 2.24) is 14.1 Å². The topological polar surface area (TPSA) is 35.9 Å². The van der Waals surface area contributed by atoms with E-state index >= 15 is 0 Å². The van der Waals surface area contributed by atoms with Crippen molar-refractivity contribution in [3.8, 4) is 39.8 Å². The van der Waals surface area contributed by atoms with Crippen LogP contribution in [0.1, 0.15) is 129 Å². The van der Waals surface area contributed by atoms with Gasteiger partial charge in [-0.25, -0.2) is 4.98 Å². The number of hydrogen-bond acceptors (Lipinski definition) is 2. The van der Waals surface area contributed by atoms with Crippen LogP contribution in [0.15, 0.2) is 188 Å². The average Bonchev–Trinajstić information content (AvgIpc) is 3.98. The van der Waals surface area contributed by atoms with Crippen molar-refractivity contribution in [2.24, 2.45) is 0 Å². The lowest BCUT2D eigenvalue weighted by atomic mass is 9.76. The van der Waals surface area contributed by atoms with Gasteiger partial charge in [0.05, 0.1) is 28.1 Å². The van der Waals surface area contributed by atoms with Crippen molar-refractivity contribution in [3.63, 3.8) is 0 Å². The minimum Gasteiger partial charge on any atom is -0.458 e. The molecule has 3 aromatic heterocycles. The highest BCUT2D eigenvalue weighted by Crippen LogP contribution is 2.45. The Balaban J connectivity index is 1.21. The highest BCUT2D eigenvalue weighted by atomic mass is 16.5. The molecule has 0 saturated carbocycles. The first-order chi connectivity index (χ1) is 34.6. The van der Waals surface area contributed by atoms with Crippen LogP contribution in [0.5, 0.6) is 11.5 Å². The van der Waals surface area contributed by atoms with Crippen molar-refractivity contribution in [1.29, 1.82) is 0 Å². The molecule has 0 atom stereocenters. The first kappa shape index (κ1) is 49.1. The lowest BCUT2D eigenvalue weighted by Gasteiger charge is -2.29. The molecule has 0 aliphatic carbocycles. The van der Waals surface area contributed by atoms with Gasteiger partial charge in [0.25, 0.3) is 6.33 Å². The molecule has 368 valence electrons. The third-order valence-electron chi connectivity index (χ3n) is 15.0. The fourth-order valence-electron chi connectivity index (χ4n) is 10.4. The fraction of sp³-hybridized carbons (Fsp3) is 0.265. The largest absolute Gasteiger partial charge is 0.458 e. The molecule has 5 nitrogen and oxygen atoms in total. The number of pyridine rings is 1. The number of nitrogens with zero attached hydrogens (tertiary/aromatic N) is 4. The zero-order chi connectivity index (χ0) is 51.7. The summed E-state index contributed by atoms with van der Waals surface area (Å²) in [6.45, 7) is 29.8.